The molecular formula is C14H11F4N3O3S. The van der Waals surface area contributed by atoms with Gasteiger partial charge in [0.05, 0.1) is 12.8 Å². The van der Waals surface area contributed by atoms with Crippen molar-refractivity contribution in [2.75, 3.05) is 17.1 Å². The highest BCUT2D eigenvalue weighted by Gasteiger charge is 2.24. The number of ether oxygens (including phenoxy) is 1. The largest absolute Gasteiger partial charge is 0.495 e. The average molecular weight is 377 g/mol. The van der Waals surface area contributed by atoms with Crippen molar-refractivity contribution in [1.82, 2.24) is 0 Å². The normalized spacial score (nSPS) is 11.7. The molecule has 25 heavy (non-hydrogen) atoms. The Balaban J connectivity index is 2.36. The van der Waals surface area contributed by atoms with Gasteiger partial charge in [-0.2, -0.15) is 0 Å². The molecule has 1 unspecified atom stereocenters. The summed E-state index contributed by atoms with van der Waals surface area (Å²) in [5, 5.41) is 2.23. The first kappa shape index (κ1) is 18.5. The van der Waals surface area contributed by atoms with E-state index in [0.717, 1.165) is 0 Å². The fourth-order valence-corrected chi connectivity index (χ4v) is 2.81. The molecule has 0 bridgehead atoms. The number of rotatable bonds is 5. The van der Waals surface area contributed by atoms with Crippen molar-refractivity contribution in [1.29, 1.82) is 0 Å². The standard InChI is InChI=1S/C14H11F4N3O3S/c1-24-10-3-2-6(4-9(10)20-14(19)22)21-25(23)13-8(16)5-7(15)11(17)12(13)18/h2-5,21H,1H3,(H3,19,20,22). The molecule has 0 heterocycles. The number of benzene rings is 2. The minimum absolute atomic E-state index is 0.0337. The highest BCUT2D eigenvalue weighted by atomic mass is 32.2. The zero-order valence-corrected chi connectivity index (χ0v) is 13.3. The van der Waals surface area contributed by atoms with Crippen LogP contribution in [0.1, 0.15) is 0 Å². The van der Waals surface area contributed by atoms with Gasteiger partial charge in [0.15, 0.2) is 28.4 Å². The van der Waals surface area contributed by atoms with Crippen LogP contribution in [0, 0.1) is 23.3 Å². The van der Waals surface area contributed by atoms with Crippen LogP contribution >= 0.6 is 0 Å². The molecule has 0 aromatic heterocycles. The molecule has 0 aliphatic rings. The molecular weight excluding hydrogens is 366 g/mol. The lowest BCUT2D eigenvalue weighted by molar-refractivity contribution is 0.259. The van der Waals surface area contributed by atoms with Crippen LogP contribution in [0.2, 0.25) is 0 Å². The van der Waals surface area contributed by atoms with Gasteiger partial charge in [-0.1, -0.05) is 0 Å². The van der Waals surface area contributed by atoms with Crippen LogP contribution < -0.4 is 20.5 Å². The molecule has 0 saturated heterocycles. The summed E-state index contributed by atoms with van der Waals surface area (Å²) in [6, 6.07) is 3.06. The Kier molecular flexibility index (Phi) is 5.47. The summed E-state index contributed by atoms with van der Waals surface area (Å²) in [4.78, 5) is 9.77. The van der Waals surface area contributed by atoms with Gasteiger partial charge in [0.2, 0.25) is 0 Å². The van der Waals surface area contributed by atoms with Crippen LogP contribution in [0.3, 0.4) is 0 Å². The average Bonchev–Trinajstić information content (AvgIpc) is 2.52. The molecule has 134 valence electrons. The van der Waals surface area contributed by atoms with Crippen molar-refractivity contribution in [3.63, 3.8) is 0 Å². The number of amides is 2. The third-order valence-corrected chi connectivity index (χ3v) is 4.09. The third-order valence-electron chi connectivity index (χ3n) is 2.93. The summed E-state index contributed by atoms with van der Waals surface area (Å²) in [5.41, 5.74) is 5.12. The minimum Gasteiger partial charge on any atom is -0.495 e. The molecule has 1 atom stereocenters. The second-order valence-corrected chi connectivity index (χ2v) is 5.72. The number of methoxy groups -OCH3 is 1. The lowest BCUT2D eigenvalue weighted by Crippen LogP contribution is -2.20. The van der Waals surface area contributed by atoms with E-state index < -0.39 is 45.2 Å². The second kappa shape index (κ2) is 7.38. The summed E-state index contributed by atoms with van der Waals surface area (Å²) in [5.74, 6) is -6.91. The van der Waals surface area contributed by atoms with E-state index in [1.54, 1.807) is 0 Å². The molecule has 0 aliphatic heterocycles. The molecule has 0 aliphatic carbocycles. The molecule has 11 heteroatoms. The van der Waals surface area contributed by atoms with Crippen molar-refractivity contribution in [3.8, 4) is 5.75 Å². The van der Waals surface area contributed by atoms with Gasteiger partial charge >= 0.3 is 6.03 Å². The number of urea groups is 1. The number of carbonyl (C=O) groups excluding carboxylic acids is 1. The Morgan fingerprint density at radius 2 is 1.80 bits per heavy atom. The highest BCUT2D eigenvalue weighted by Crippen LogP contribution is 2.29. The maximum atomic E-state index is 13.7. The molecule has 0 spiro atoms. The lowest BCUT2D eigenvalue weighted by atomic mass is 10.2. The molecule has 2 aromatic carbocycles. The highest BCUT2D eigenvalue weighted by molar-refractivity contribution is 7.86. The number of anilines is 2. The van der Waals surface area contributed by atoms with Gasteiger partial charge < -0.3 is 20.5 Å². The van der Waals surface area contributed by atoms with Crippen molar-refractivity contribution < 1.29 is 31.3 Å². The zero-order valence-electron chi connectivity index (χ0n) is 12.5. The van der Waals surface area contributed by atoms with Crippen LogP contribution in [0.5, 0.6) is 5.75 Å². The van der Waals surface area contributed by atoms with Crippen LogP contribution in [0.15, 0.2) is 29.2 Å². The molecule has 0 fully saturated rings. The maximum Gasteiger partial charge on any atom is 0.316 e. The Morgan fingerprint density at radius 1 is 1.12 bits per heavy atom. The fourth-order valence-electron chi connectivity index (χ4n) is 1.88. The number of nitrogens with one attached hydrogen (secondary N) is 2. The van der Waals surface area contributed by atoms with Gasteiger partial charge in [-0.25, -0.2) is 26.6 Å². The Labute approximate surface area is 141 Å². The molecule has 4 N–H and O–H groups in total. The first-order valence-corrected chi connectivity index (χ1v) is 7.65. The van der Waals surface area contributed by atoms with Crippen LogP contribution in [-0.4, -0.2) is 17.3 Å². The molecule has 2 amide bonds. The van der Waals surface area contributed by atoms with Gasteiger partial charge in [-0.05, 0) is 18.2 Å². The number of primary amides is 1. The quantitative estimate of drug-likeness (QED) is 0.425. The van der Waals surface area contributed by atoms with E-state index in [0.29, 0.717) is 0 Å². The second-order valence-electron chi connectivity index (χ2n) is 4.57. The van der Waals surface area contributed by atoms with Crippen LogP contribution in [-0.2, 0) is 11.0 Å². The van der Waals surface area contributed by atoms with E-state index in [1.165, 1.54) is 25.3 Å². The zero-order chi connectivity index (χ0) is 18.7. The SMILES string of the molecule is COc1ccc(NS(=O)c2c(F)cc(F)c(F)c2F)cc1NC(N)=O. The van der Waals surface area contributed by atoms with E-state index in [4.69, 9.17) is 10.5 Å². The van der Waals surface area contributed by atoms with Crippen molar-refractivity contribution in [2.24, 2.45) is 5.73 Å². The first-order chi connectivity index (χ1) is 11.7. The Hall–Kier alpha value is -2.82. The van der Waals surface area contributed by atoms with E-state index in [1.807, 2.05) is 0 Å². The third kappa shape index (κ3) is 3.99. The maximum absolute atomic E-state index is 13.7. The van der Waals surface area contributed by atoms with Crippen molar-refractivity contribution >= 4 is 28.4 Å². The Bertz CT molecular complexity index is 864. The van der Waals surface area contributed by atoms with Crippen LogP contribution in [0.25, 0.3) is 0 Å². The topological polar surface area (TPSA) is 93.4 Å². The summed E-state index contributed by atoms with van der Waals surface area (Å²) >= 11 is 0. The van der Waals surface area contributed by atoms with Gasteiger partial charge in [-0.3, -0.25) is 0 Å². The number of halogens is 4. The smallest absolute Gasteiger partial charge is 0.316 e. The van der Waals surface area contributed by atoms with E-state index in [2.05, 4.69) is 10.0 Å². The number of hydrogen-bond donors (Lipinski definition) is 3. The van der Waals surface area contributed by atoms with E-state index in [9.17, 15) is 26.6 Å². The number of hydrogen-bond acceptors (Lipinski definition) is 3. The molecule has 0 radical (unpaired) electrons. The van der Waals surface area contributed by atoms with Gasteiger partial charge in [0.25, 0.3) is 0 Å². The predicted octanol–water partition coefficient (Wildman–Crippen LogP) is 2.88. The monoisotopic (exact) mass is 377 g/mol. The van der Waals surface area contributed by atoms with Gasteiger partial charge in [0.1, 0.15) is 16.5 Å². The van der Waals surface area contributed by atoms with E-state index in [-0.39, 0.29) is 23.2 Å². The fraction of sp³-hybridized carbons (Fsp3) is 0.0714. The summed E-state index contributed by atoms with van der Waals surface area (Å²) in [6.45, 7) is 0. The van der Waals surface area contributed by atoms with Gasteiger partial charge in [-0.15, -0.1) is 0 Å². The summed E-state index contributed by atoms with van der Waals surface area (Å²) in [7, 11) is -1.28. The van der Waals surface area contributed by atoms with Gasteiger partial charge in [0, 0.05) is 11.8 Å². The number of carbonyl (C=O) groups is 1. The molecule has 0 saturated carbocycles. The van der Waals surface area contributed by atoms with E-state index >= 15 is 0 Å². The molecule has 2 rings (SSSR count). The molecule has 6 nitrogen and oxygen atoms in total. The van der Waals surface area contributed by atoms with Crippen molar-refractivity contribution in [2.45, 2.75) is 4.90 Å². The lowest BCUT2D eigenvalue weighted by Gasteiger charge is -2.12. The van der Waals surface area contributed by atoms with Crippen molar-refractivity contribution in [3.05, 3.63) is 47.5 Å². The predicted molar refractivity (Wildman–Crippen MR) is 82.5 cm³/mol. The van der Waals surface area contributed by atoms with Crippen LogP contribution in [0.4, 0.5) is 33.7 Å². The molecule has 2 aromatic rings. The summed E-state index contributed by atoms with van der Waals surface area (Å²) in [6.07, 6.45) is 0. The number of nitrogens with two attached hydrogens (primary N) is 1. The Morgan fingerprint density at radius 3 is 2.40 bits per heavy atom. The minimum atomic E-state index is -2.60. The summed E-state index contributed by atoms with van der Waals surface area (Å²) < 4.78 is 72.7. The first-order valence-electron chi connectivity index (χ1n) is 6.50.